The lowest BCUT2D eigenvalue weighted by atomic mass is 10.1. The second kappa shape index (κ2) is 8.29. The highest BCUT2D eigenvalue weighted by molar-refractivity contribution is 7.85. The van der Waals surface area contributed by atoms with E-state index in [1.807, 2.05) is 6.92 Å². The fraction of sp³-hybridized carbons (Fsp3) is 0.562. The molecule has 7 heteroatoms. The lowest BCUT2D eigenvalue weighted by Gasteiger charge is -2.31. The van der Waals surface area contributed by atoms with Crippen LogP contribution in [0.5, 0.6) is 5.75 Å². The lowest BCUT2D eigenvalue weighted by Crippen LogP contribution is -2.49. The number of carbonyl (C=O) groups is 1. The number of nitrogens with one attached hydrogen (secondary N) is 1. The molecule has 2 amide bonds. The summed E-state index contributed by atoms with van der Waals surface area (Å²) in [7, 11) is 1.03. The summed E-state index contributed by atoms with van der Waals surface area (Å²) in [6.45, 7) is 2.16. The van der Waals surface area contributed by atoms with Gasteiger partial charge in [0, 0.05) is 35.4 Å². The van der Waals surface area contributed by atoms with Crippen molar-refractivity contribution < 1.29 is 18.1 Å². The molecule has 1 N–H and O–H groups in total. The van der Waals surface area contributed by atoms with Crippen LogP contribution in [0.3, 0.4) is 0 Å². The predicted octanol–water partition coefficient (Wildman–Crippen LogP) is 2.15. The van der Waals surface area contributed by atoms with Gasteiger partial charge >= 0.3 is 6.03 Å². The van der Waals surface area contributed by atoms with Crippen LogP contribution in [-0.2, 0) is 10.8 Å². The average molecular weight is 342 g/mol. The van der Waals surface area contributed by atoms with Gasteiger partial charge in [0.2, 0.25) is 0 Å². The quantitative estimate of drug-likeness (QED) is 0.892. The Balaban J connectivity index is 1.75. The maximum Gasteiger partial charge on any atom is 0.317 e. The van der Waals surface area contributed by atoms with Gasteiger partial charge in [-0.25, -0.2) is 9.18 Å². The van der Waals surface area contributed by atoms with E-state index in [2.05, 4.69) is 5.32 Å². The number of benzene rings is 1. The van der Waals surface area contributed by atoms with Crippen LogP contribution in [0.25, 0.3) is 0 Å². The van der Waals surface area contributed by atoms with Crippen LogP contribution in [0.1, 0.15) is 19.8 Å². The van der Waals surface area contributed by atoms with Gasteiger partial charge in [-0.3, -0.25) is 4.21 Å². The number of carbonyl (C=O) groups excluding carboxylic acids is 1. The molecule has 0 bridgehead atoms. The molecule has 1 atom stereocenters. The molecular formula is C16H23FN2O3S. The fourth-order valence-electron chi connectivity index (χ4n) is 2.44. The van der Waals surface area contributed by atoms with Crippen molar-refractivity contribution in [1.82, 2.24) is 10.2 Å². The van der Waals surface area contributed by atoms with Crippen LogP contribution >= 0.6 is 0 Å². The third-order valence-corrected chi connectivity index (χ3v) is 5.29. The lowest BCUT2D eigenvalue weighted by molar-refractivity contribution is 0.177. The van der Waals surface area contributed by atoms with Crippen molar-refractivity contribution in [2.24, 2.45) is 0 Å². The zero-order chi connectivity index (χ0) is 16.8. The summed E-state index contributed by atoms with van der Waals surface area (Å²) in [5.74, 6) is 1.57. The van der Waals surface area contributed by atoms with Crippen LogP contribution in [0.15, 0.2) is 24.3 Å². The molecule has 0 aromatic heterocycles. The third-order valence-electron chi connectivity index (χ3n) is 3.91. The van der Waals surface area contributed by atoms with Crippen molar-refractivity contribution >= 4 is 16.8 Å². The van der Waals surface area contributed by atoms with E-state index in [-0.39, 0.29) is 23.9 Å². The number of rotatable bonds is 5. The second-order valence-corrected chi connectivity index (χ2v) is 7.50. The van der Waals surface area contributed by atoms with Gasteiger partial charge < -0.3 is 15.0 Å². The predicted molar refractivity (Wildman–Crippen MR) is 88.6 cm³/mol. The maximum atomic E-state index is 12.8. The first-order chi connectivity index (χ1) is 11.0. The molecule has 1 aliphatic heterocycles. The Kier molecular flexibility index (Phi) is 6.38. The van der Waals surface area contributed by atoms with Crippen LogP contribution < -0.4 is 10.1 Å². The van der Waals surface area contributed by atoms with Crippen LogP contribution in [-0.4, -0.2) is 52.4 Å². The molecule has 1 fully saturated rings. The molecule has 1 unspecified atom stereocenters. The minimum Gasteiger partial charge on any atom is -0.491 e. The smallest absolute Gasteiger partial charge is 0.317 e. The standard InChI is InChI=1S/C16H23FN2O3S/c1-12(11-22-15-5-3-13(17)4-6-15)18-16(20)19(2)14-7-9-23(21)10-8-14/h3-6,12,14H,7-11H2,1-2H3,(H,18,20). The average Bonchev–Trinajstić information content (AvgIpc) is 2.54. The zero-order valence-electron chi connectivity index (χ0n) is 13.5. The second-order valence-electron chi connectivity index (χ2n) is 5.81. The highest BCUT2D eigenvalue weighted by atomic mass is 32.2. The van der Waals surface area contributed by atoms with Crippen LogP contribution in [0.2, 0.25) is 0 Å². The Bertz CT molecular complexity index is 543. The first-order valence-corrected chi connectivity index (χ1v) is 9.21. The first-order valence-electron chi connectivity index (χ1n) is 7.72. The number of hydrogen-bond acceptors (Lipinski definition) is 3. The molecule has 128 valence electrons. The van der Waals surface area contributed by atoms with E-state index in [4.69, 9.17) is 4.74 Å². The largest absolute Gasteiger partial charge is 0.491 e. The first kappa shape index (κ1) is 17.7. The number of nitrogens with zero attached hydrogens (tertiary/aromatic N) is 1. The van der Waals surface area contributed by atoms with Gasteiger partial charge in [0.25, 0.3) is 0 Å². The molecule has 0 aliphatic carbocycles. The Morgan fingerprint density at radius 2 is 2.00 bits per heavy atom. The Morgan fingerprint density at radius 3 is 2.61 bits per heavy atom. The van der Waals surface area contributed by atoms with Gasteiger partial charge in [0.1, 0.15) is 18.2 Å². The topological polar surface area (TPSA) is 58.6 Å². The summed E-state index contributed by atoms with van der Waals surface area (Å²) < 4.78 is 29.7. The van der Waals surface area contributed by atoms with Gasteiger partial charge in [0.15, 0.2) is 0 Å². The molecule has 0 radical (unpaired) electrons. The SMILES string of the molecule is CC(COc1ccc(F)cc1)NC(=O)N(C)C1CCS(=O)CC1. The van der Waals surface area contributed by atoms with E-state index in [0.717, 1.165) is 12.8 Å². The van der Waals surface area contributed by atoms with Gasteiger partial charge in [-0.05, 0) is 44.0 Å². The molecule has 0 saturated carbocycles. The van der Waals surface area contributed by atoms with Gasteiger partial charge in [-0.15, -0.1) is 0 Å². The third kappa shape index (κ3) is 5.49. The normalized spacial score (nSPS) is 22.2. The van der Waals surface area contributed by atoms with Gasteiger partial charge in [0.05, 0.1) is 6.04 Å². The van der Waals surface area contributed by atoms with Crippen LogP contribution in [0, 0.1) is 5.82 Å². The molecule has 23 heavy (non-hydrogen) atoms. The van der Waals surface area contributed by atoms with Crippen molar-refractivity contribution in [2.75, 3.05) is 25.2 Å². The molecule has 1 heterocycles. The van der Waals surface area contributed by atoms with E-state index in [1.165, 1.54) is 12.1 Å². The molecule has 1 saturated heterocycles. The van der Waals surface area contributed by atoms with Crippen molar-refractivity contribution in [1.29, 1.82) is 0 Å². The number of urea groups is 1. The number of ether oxygens (including phenoxy) is 1. The van der Waals surface area contributed by atoms with E-state index in [0.29, 0.717) is 23.9 Å². The highest BCUT2D eigenvalue weighted by Crippen LogP contribution is 2.15. The summed E-state index contributed by atoms with van der Waals surface area (Å²) in [5.41, 5.74) is 0. The minimum atomic E-state index is -0.732. The fourth-order valence-corrected chi connectivity index (χ4v) is 3.71. The molecule has 1 aromatic rings. The van der Waals surface area contributed by atoms with E-state index in [9.17, 15) is 13.4 Å². The maximum absolute atomic E-state index is 12.8. The van der Waals surface area contributed by atoms with Gasteiger partial charge in [-0.1, -0.05) is 0 Å². The molecule has 1 aliphatic rings. The molecule has 5 nitrogen and oxygen atoms in total. The summed E-state index contributed by atoms with van der Waals surface area (Å²) in [5, 5.41) is 2.88. The number of amides is 2. The van der Waals surface area contributed by atoms with E-state index >= 15 is 0 Å². The Labute approximate surface area is 138 Å². The van der Waals surface area contributed by atoms with E-state index < -0.39 is 10.8 Å². The summed E-state index contributed by atoms with van der Waals surface area (Å²) >= 11 is 0. The molecule has 1 aromatic carbocycles. The minimum absolute atomic E-state index is 0.137. The summed E-state index contributed by atoms with van der Waals surface area (Å²) in [4.78, 5) is 13.9. The number of halogens is 1. The zero-order valence-corrected chi connectivity index (χ0v) is 14.3. The van der Waals surface area contributed by atoms with Crippen molar-refractivity contribution in [3.63, 3.8) is 0 Å². The van der Waals surface area contributed by atoms with E-state index in [1.54, 1.807) is 24.1 Å². The summed E-state index contributed by atoms with van der Waals surface area (Å²) in [6.07, 6.45) is 1.55. The molecule has 2 rings (SSSR count). The van der Waals surface area contributed by atoms with Gasteiger partial charge in [-0.2, -0.15) is 0 Å². The highest BCUT2D eigenvalue weighted by Gasteiger charge is 2.25. The Hall–Kier alpha value is -1.63. The Morgan fingerprint density at radius 1 is 1.39 bits per heavy atom. The monoisotopic (exact) mass is 342 g/mol. The van der Waals surface area contributed by atoms with Crippen molar-refractivity contribution in [2.45, 2.75) is 31.8 Å². The molecular weight excluding hydrogens is 319 g/mol. The van der Waals surface area contributed by atoms with Crippen molar-refractivity contribution in [3.8, 4) is 5.75 Å². The molecule has 0 spiro atoms. The van der Waals surface area contributed by atoms with Crippen molar-refractivity contribution in [3.05, 3.63) is 30.1 Å². The van der Waals surface area contributed by atoms with Crippen LogP contribution in [0.4, 0.5) is 9.18 Å². The summed E-state index contributed by atoms with van der Waals surface area (Å²) in [6, 6.07) is 5.58. The number of hydrogen-bond donors (Lipinski definition) is 1.